The Balaban J connectivity index is 1.84. The highest BCUT2D eigenvalue weighted by molar-refractivity contribution is 5.83. The van der Waals surface area contributed by atoms with Gasteiger partial charge in [0.2, 0.25) is 5.91 Å². The van der Waals surface area contributed by atoms with Gasteiger partial charge >= 0.3 is 0 Å². The van der Waals surface area contributed by atoms with Gasteiger partial charge in [-0.2, -0.15) is 5.10 Å². The Kier molecular flexibility index (Phi) is 3.68. The fourth-order valence-corrected chi connectivity index (χ4v) is 2.08. The van der Waals surface area contributed by atoms with Gasteiger partial charge in [0.1, 0.15) is 0 Å². The number of carbonyl (C=O) groups is 1. The van der Waals surface area contributed by atoms with Crippen molar-refractivity contribution in [2.45, 2.75) is 19.4 Å². The van der Waals surface area contributed by atoms with Crippen molar-refractivity contribution in [3.8, 4) is 0 Å². The van der Waals surface area contributed by atoms with Crippen molar-refractivity contribution in [3.63, 3.8) is 0 Å². The standard InChI is InChI=1S/C12H20N4O2/c1-12(8-18-7-10(12)13)11(17)14-5-3-9-4-6-15-16(9)2/h4,6,10H,3,5,7-8,13H2,1-2H3,(H,14,17). The Morgan fingerprint density at radius 1 is 1.78 bits per heavy atom. The van der Waals surface area contributed by atoms with E-state index in [-0.39, 0.29) is 11.9 Å². The quantitative estimate of drug-likeness (QED) is 0.753. The summed E-state index contributed by atoms with van der Waals surface area (Å²) in [5.74, 6) is -0.0327. The van der Waals surface area contributed by atoms with E-state index in [2.05, 4.69) is 10.4 Å². The first kappa shape index (κ1) is 13.0. The predicted molar refractivity (Wildman–Crippen MR) is 66.8 cm³/mol. The molecule has 1 amide bonds. The van der Waals surface area contributed by atoms with Crippen LogP contribution in [0.25, 0.3) is 0 Å². The lowest BCUT2D eigenvalue weighted by molar-refractivity contribution is -0.130. The number of rotatable bonds is 4. The second-order valence-electron chi connectivity index (χ2n) is 4.99. The smallest absolute Gasteiger partial charge is 0.229 e. The molecule has 0 spiro atoms. The van der Waals surface area contributed by atoms with E-state index < -0.39 is 5.41 Å². The van der Waals surface area contributed by atoms with Crippen LogP contribution >= 0.6 is 0 Å². The molecule has 0 bridgehead atoms. The number of hydrogen-bond acceptors (Lipinski definition) is 4. The van der Waals surface area contributed by atoms with Crippen molar-refractivity contribution in [2.24, 2.45) is 18.2 Å². The molecular weight excluding hydrogens is 232 g/mol. The maximum Gasteiger partial charge on any atom is 0.229 e. The van der Waals surface area contributed by atoms with Crippen LogP contribution in [-0.4, -0.2) is 41.5 Å². The maximum atomic E-state index is 12.1. The van der Waals surface area contributed by atoms with Crippen LogP contribution in [-0.2, 0) is 23.0 Å². The molecule has 6 nitrogen and oxygen atoms in total. The van der Waals surface area contributed by atoms with Gasteiger partial charge in [-0.25, -0.2) is 0 Å². The van der Waals surface area contributed by atoms with Gasteiger partial charge in [0.05, 0.1) is 18.6 Å². The van der Waals surface area contributed by atoms with Crippen LogP contribution in [0.2, 0.25) is 0 Å². The normalized spacial score (nSPS) is 27.4. The molecule has 1 fully saturated rings. The number of nitrogens with zero attached hydrogens (tertiary/aromatic N) is 2. The Labute approximate surface area is 106 Å². The van der Waals surface area contributed by atoms with Crippen LogP contribution in [0.4, 0.5) is 0 Å². The third-order valence-electron chi connectivity index (χ3n) is 3.63. The molecule has 100 valence electrons. The second-order valence-corrected chi connectivity index (χ2v) is 4.99. The van der Waals surface area contributed by atoms with Gasteiger partial charge in [-0.1, -0.05) is 0 Å². The van der Waals surface area contributed by atoms with Gasteiger partial charge in [-0.15, -0.1) is 0 Å². The van der Waals surface area contributed by atoms with Crippen molar-refractivity contribution >= 4 is 5.91 Å². The molecule has 2 unspecified atom stereocenters. The van der Waals surface area contributed by atoms with E-state index in [1.165, 1.54) is 0 Å². The summed E-state index contributed by atoms with van der Waals surface area (Å²) in [6.45, 7) is 3.28. The van der Waals surface area contributed by atoms with Gasteiger partial charge in [-0.3, -0.25) is 9.48 Å². The monoisotopic (exact) mass is 252 g/mol. The first-order chi connectivity index (χ1) is 8.54. The Bertz CT molecular complexity index is 431. The first-order valence-electron chi connectivity index (χ1n) is 6.12. The summed E-state index contributed by atoms with van der Waals surface area (Å²) in [5.41, 5.74) is 6.39. The number of ether oxygens (including phenoxy) is 1. The summed E-state index contributed by atoms with van der Waals surface area (Å²) < 4.78 is 7.07. The zero-order valence-electron chi connectivity index (χ0n) is 10.8. The fourth-order valence-electron chi connectivity index (χ4n) is 2.08. The molecule has 0 saturated carbocycles. The Morgan fingerprint density at radius 3 is 3.11 bits per heavy atom. The Hall–Kier alpha value is -1.40. The number of aromatic nitrogens is 2. The minimum absolute atomic E-state index is 0.0327. The first-order valence-corrected chi connectivity index (χ1v) is 6.12. The molecule has 1 aromatic rings. The van der Waals surface area contributed by atoms with Gasteiger partial charge in [0.25, 0.3) is 0 Å². The van der Waals surface area contributed by atoms with Crippen molar-refractivity contribution in [1.29, 1.82) is 0 Å². The molecule has 1 saturated heterocycles. The van der Waals surface area contributed by atoms with Crippen LogP contribution in [0, 0.1) is 5.41 Å². The summed E-state index contributed by atoms with van der Waals surface area (Å²) in [7, 11) is 1.89. The van der Waals surface area contributed by atoms with Crippen LogP contribution in [0.15, 0.2) is 12.3 Å². The van der Waals surface area contributed by atoms with E-state index >= 15 is 0 Å². The number of amides is 1. The van der Waals surface area contributed by atoms with Crippen LogP contribution in [0.5, 0.6) is 0 Å². The van der Waals surface area contributed by atoms with Crippen LogP contribution in [0.3, 0.4) is 0 Å². The summed E-state index contributed by atoms with van der Waals surface area (Å²) in [5, 5.41) is 7.00. The van der Waals surface area contributed by atoms with Gasteiger partial charge in [0, 0.05) is 37.9 Å². The third kappa shape index (κ3) is 2.39. The molecule has 2 rings (SSSR count). The molecule has 2 atom stereocenters. The highest BCUT2D eigenvalue weighted by atomic mass is 16.5. The zero-order chi connectivity index (χ0) is 13.2. The summed E-state index contributed by atoms with van der Waals surface area (Å²) >= 11 is 0. The number of aryl methyl sites for hydroxylation is 1. The van der Waals surface area contributed by atoms with E-state index in [4.69, 9.17) is 10.5 Å². The van der Waals surface area contributed by atoms with Crippen LogP contribution < -0.4 is 11.1 Å². The molecule has 3 N–H and O–H groups in total. The Morgan fingerprint density at radius 2 is 2.56 bits per heavy atom. The van der Waals surface area contributed by atoms with Crippen molar-refractivity contribution in [1.82, 2.24) is 15.1 Å². The number of nitrogens with one attached hydrogen (secondary N) is 1. The summed E-state index contributed by atoms with van der Waals surface area (Å²) in [4.78, 5) is 12.1. The molecule has 1 aliphatic rings. The lowest BCUT2D eigenvalue weighted by Gasteiger charge is -2.25. The fraction of sp³-hybridized carbons (Fsp3) is 0.667. The average Bonchev–Trinajstić information content (AvgIpc) is 2.88. The molecule has 18 heavy (non-hydrogen) atoms. The van der Waals surface area contributed by atoms with Crippen molar-refractivity contribution in [2.75, 3.05) is 19.8 Å². The zero-order valence-corrected chi connectivity index (χ0v) is 10.8. The average molecular weight is 252 g/mol. The van der Waals surface area contributed by atoms with Crippen molar-refractivity contribution in [3.05, 3.63) is 18.0 Å². The highest BCUT2D eigenvalue weighted by Gasteiger charge is 2.44. The van der Waals surface area contributed by atoms with E-state index in [1.807, 2.05) is 20.0 Å². The molecule has 2 heterocycles. The van der Waals surface area contributed by atoms with Crippen LogP contribution in [0.1, 0.15) is 12.6 Å². The predicted octanol–water partition coefficient (Wildman–Crippen LogP) is -0.557. The molecule has 0 aliphatic carbocycles. The van der Waals surface area contributed by atoms with Gasteiger partial charge in [-0.05, 0) is 13.0 Å². The lowest BCUT2D eigenvalue weighted by Crippen LogP contribution is -2.50. The maximum absolute atomic E-state index is 12.1. The van der Waals surface area contributed by atoms with E-state index in [0.717, 1.165) is 12.1 Å². The minimum atomic E-state index is -0.605. The van der Waals surface area contributed by atoms with E-state index in [1.54, 1.807) is 10.9 Å². The SMILES string of the molecule is Cn1nccc1CCNC(=O)C1(C)COCC1N. The molecule has 0 radical (unpaired) electrons. The topological polar surface area (TPSA) is 82.2 Å². The largest absolute Gasteiger partial charge is 0.379 e. The number of nitrogens with two attached hydrogens (primary N) is 1. The summed E-state index contributed by atoms with van der Waals surface area (Å²) in [6, 6.07) is 1.72. The minimum Gasteiger partial charge on any atom is -0.379 e. The number of carbonyl (C=O) groups excluding carboxylic acids is 1. The third-order valence-corrected chi connectivity index (χ3v) is 3.63. The van der Waals surface area contributed by atoms with Gasteiger partial charge < -0.3 is 15.8 Å². The summed E-state index contributed by atoms with van der Waals surface area (Å²) in [6.07, 6.45) is 2.51. The molecule has 0 aromatic carbocycles. The van der Waals surface area contributed by atoms with E-state index in [9.17, 15) is 4.79 Å². The molecule has 6 heteroatoms. The second kappa shape index (κ2) is 5.07. The molecule has 1 aliphatic heterocycles. The highest BCUT2D eigenvalue weighted by Crippen LogP contribution is 2.26. The van der Waals surface area contributed by atoms with Gasteiger partial charge in [0.15, 0.2) is 0 Å². The van der Waals surface area contributed by atoms with Crippen molar-refractivity contribution < 1.29 is 9.53 Å². The lowest BCUT2D eigenvalue weighted by atomic mass is 9.85. The van der Waals surface area contributed by atoms with E-state index in [0.29, 0.717) is 19.8 Å². The molecule has 1 aromatic heterocycles. The number of hydrogen-bond donors (Lipinski definition) is 2. The molecular formula is C12H20N4O2.